The summed E-state index contributed by atoms with van der Waals surface area (Å²) in [7, 11) is 3.12. The Bertz CT molecular complexity index is 1360. The molecule has 0 radical (unpaired) electrons. The molecule has 0 saturated heterocycles. The van der Waals surface area contributed by atoms with Crippen molar-refractivity contribution in [1.82, 2.24) is 15.0 Å². The summed E-state index contributed by atoms with van der Waals surface area (Å²) in [5, 5.41) is 14.2. The number of pyridine rings is 1. The van der Waals surface area contributed by atoms with Crippen LogP contribution < -0.4 is 14.8 Å². The Labute approximate surface area is 194 Å². The molecule has 0 aliphatic carbocycles. The molecule has 32 heavy (non-hydrogen) atoms. The highest BCUT2D eigenvalue weighted by Crippen LogP contribution is 2.39. The first-order chi connectivity index (χ1) is 15.5. The zero-order chi connectivity index (χ0) is 22.7. The van der Waals surface area contributed by atoms with Crippen LogP contribution in [0.3, 0.4) is 0 Å². The van der Waals surface area contributed by atoms with E-state index in [9.17, 15) is 5.26 Å². The fourth-order valence-corrected chi connectivity index (χ4v) is 3.57. The van der Waals surface area contributed by atoms with Crippen molar-refractivity contribution < 1.29 is 9.47 Å². The number of rotatable bonds is 6. The van der Waals surface area contributed by atoms with Gasteiger partial charge in [-0.05, 0) is 24.3 Å². The van der Waals surface area contributed by atoms with E-state index >= 15 is 0 Å². The third-order valence-corrected chi connectivity index (χ3v) is 5.58. The number of hydrogen-bond acceptors (Lipinski definition) is 6. The smallest absolute Gasteiger partial charge is 0.129 e. The van der Waals surface area contributed by atoms with Crippen LogP contribution >= 0.6 is 23.2 Å². The number of aromatic amines is 1. The average Bonchev–Trinajstić information content (AvgIpc) is 3.33. The first kappa shape index (κ1) is 21.5. The van der Waals surface area contributed by atoms with Crippen LogP contribution in [0.5, 0.6) is 11.5 Å². The van der Waals surface area contributed by atoms with Gasteiger partial charge in [0, 0.05) is 41.7 Å². The molecule has 2 N–H and O–H groups in total. The van der Waals surface area contributed by atoms with E-state index in [0.29, 0.717) is 55.2 Å². The van der Waals surface area contributed by atoms with Crippen LogP contribution in [0.4, 0.5) is 11.4 Å². The van der Waals surface area contributed by atoms with Gasteiger partial charge in [-0.1, -0.05) is 23.2 Å². The van der Waals surface area contributed by atoms with Crippen LogP contribution in [0.15, 0.2) is 42.9 Å². The summed E-state index contributed by atoms with van der Waals surface area (Å²) in [6.07, 6.45) is 8.65. The van der Waals surface area contributed by atoms with Gasteiger partial charge in [0.2, 0.25) is 0 Å². The molecule has 160 valence electrons. The Morgan fingerprint density at radius 3 is 2.62 bits per heavy atom. The molecular weight excluding hydrogens is 449 g/mol. The molecule has 0 amide bonds. The topological polar surface area (TPSA) is 95.9 Å². The second-order valence-corrected chi connectivity index (χ2v) is 7.46. The lowest BCUT2D eigenvalue weighted by Crippen LogP contribution is -1.99. The lowest BCUT2D eigenvalue weighted by atomic mass is 10.0. The van der Waals surface area contributed by atoms with Crippen molar-refractivity contribution in [2.45, 2.75) is 0 Å². The summed E-state index contributed by atoms with van der Waals surface area (Å²) in [5.74, 6) is 1.85. The van der Waals surface area contributed by atoms with Gasteiger partial charge in [0.15, 0.2) is 0 Å². The van der Waals surface area contributed by atoms with E-state index in [0.717, 1.165) is 5.56 Å². The van der Waals surface area contributed by atoms with Crippen LogP contribution in [0.2, 0.25) is 10.0 Å². The van der Waals surface area contributed by atoms with Gasteiger partial charge in [0.1, 0.15) is 23.4 Å². The average molecular weight is 466 g/mol. The zero-order valence-corrected chi connectivity index (χ0v) is 18.6. The molecule has 4 aromatic rings. The third kappa shape index (κ3) is 4.19. The number of halogens is 2. The summed E-state index contributed by atoms with van der Waals surface area (Å²) in [5.41, 5.74) is 2.84. The number of H-pyrrole nitrogens is 1. The molecule has 0 spiro atoms. The number of fused-ring (bicyclic) bond motifs is 1. The quantitative estimate of drug-likeness (QED) is 0.358. The molecule has 0 aliphatic heterocycles. The number of nitrogens with one attached hydrogen (secondary N) is 2. The van der Waals surface area contributed by atoms with Crippen molar-refractivity contribution in [3.05, 3.63) is 69.9 Å². The van der Waals surface area contributed by atoms with Gasteiger partial charge >= 0.3 is 0 Å². The second kappa shape index (κ2) is 9.18. The number of nitriles is 1. The first-order valence-corrected chi connectivity index (χ1v) is 10.2. The number of methoxy groups -OCH3 is 2. The molecule has 9 heteroatoms. The molecule has 2 aromatic carbocycles. The number of benzene rings is 2. The Balaban J connectivity index is 1.85. The number of aromatic nitrogens is 3. The van der Waals surface area contributed by atoms with E-state index in [1.807, 2.05) is 24.3 Å². The number of hydrogen-bond donors (Lipinski definition) is 2. The zero-order valence-electron chi connectivity index (χ0n) is 17.1. The van der Waals surface area contributed by atoms with Crippen LogP contribution in [-0.4, -0.2) is 29.2 Å². The van der Waals surface area contributed by atoms with E-state index in [4.69, 9.17) is 32.7 Å². The predicted octanol–water partition coefficient (Wildman–Crippen LogP) is 6.07. The normalized spacial score (nSPS) is 11.0. The standard InChI is InChI=1S/C23H17Cl2N5O2/c1-31-15-8-17(24)22(25)19(9-15)30-23-14(11-26)12-29-18-7-13(20(32-2)10-16(18)23)3-4-21-27-5-6-28-21/h3-10,12H,1-2H3,(H,27,28)(H,29,30)/b4-3+. The highest BCUT2D eigenvalue weighted by molar-refractivity contribution is 6.44. The molecule has 0 unspecified atom stereocenters. The SMILES string of the molecule is COc1cc(Cl)c(Cl)c(Nc2c(C#N)cnc3cc(/C=C/c4ncc[nH]4)c(OC)cc23)c1. The van der Waals surface area contributed by atoms with Crippen LogP contribution in [0.1, 0.15) is 17.0 Å². The van der Waals surface area contributed by atoms with E-state index in [1.54, 1.807) is 31.6 Å². The van der Waals surface area contributed by atoms with Crippen molar-refractivity contribution in [3.8, 4) is 17.6 Å². The van der Waals surface area contributed by atoms with E-state index in [-0.39, 0.29) is 0 Å². The molecular formula is C23H17Cl2N5O2. The second-order valence-electron chi connectivity index (χ2n) is 6.67. The van der Waals surface area contributed by atoms with E-state index < -0.39 is 0 Å². The molecule has 2 aromatic heterocycles. The monoisotopic (exact) mass is 465 g/mol. The Morgan fingerprint density at radius 2 is 1.94 bits per heavy atom. The maximum atomic E-state index is 9.68. The van der Waals surface area contributed by atoms with Crippen LogP contribution in [0.25, 0.3) is 23.1 Å². The maximum Gasteiger partial charge on any atom is 0.129 e. The number of anilines is 2. The van der Waals surface area contributed by atoms with E-state index in [2.05, 4.69) is 26.3 Å². The summed E-state index contributed by atoms with van der Waals surface area (Å²) < 4.78 is 10.9. The maximum absolute atomic E-state index is 9.68. The molecule has 0 fully saturated rings. The lowest BCUT2D eigenvalue weighted by molar-refractivity contribution is 0.414. The number of nitrogens with zero attached hydrogens (tertiary/aromatic N) is 3. The fraction of sp³-hybridized carbons (Fsp3) is 0.0870. The van der Waals surface area contributed by atoms with Crippen molar-refractivity contribution in [2.24, 2.45) is 0 Å². The predicted molar refractivity (Wildman–Crippen MR) is 127 cm³/mol. The number of ether oxygens (including phenoxy) is 2. The minimum Gasteiger partial charge on any atom is -0.497 e. The summed E-state index contributed by atoms with van der Waals surface area (Å²) in [6.45, 7) is 0. The van der Waals surface area contributed by atoms with Crippen molar-refractivity contribution >= 4 is 57.6 Å². The van der Waals surface area contributed by atoms with Crippen molar-refractivity contribution in [1.29, 1.82) is 5.26 Å². The largest absolute Gasteiger partial charge is 0.497 e. The molecule has 7 nitrogen and oxygen atoms in total. The Kier molecular flexibility index (Phi) is 6.17. The van der Waals surface area contributed by atoms with Crippen molar-refractivity contribution in [2.75, 3.05) is 19.5 Å². The highest BCUT2D eigenvalue weighted by Gasteiger charge is 2.16. The lowest BCUT2D eigenvalue weighted by Gasteiger charge is -2.16. The molecule has 0 aliphatic rings. The first-order valence-electron chi connectivity index (χ1n) is 9.42. The molecule has 0 saturated carbocycles. The summed E-state index contributed by atoms with van der Waals surface area (Å²) in [6, 6.07) is 9.19. The van der Waals surface area contributed by atoms with E-state index in [1.165, 1.54) is 13.3 Å². The Hall–Kier alpha value is -3.73. The van der Waals surface area contributed by atoms with Crippen molar-refractivity contribution in [3.63, 3.8) is 0 Å². The number of imidazole rings is 1. The summed E-state index contributed by atoms with van der Waals surface area (Å²) in [4.78, 5) is 11.7. The van der Waals surface area contributed by atoms with Gasteiger partial charge < -0.3 is 19.8 Å². The summed E-state index contributed by atoms with van der Waals surface area (Å²) >= 11 is 12.6. The van der Waals surface area contributed by atoms with Gasteiger partial charge in [0.05, 0.1) is 46.7 Å². The van der Waals surface area contributed by atoms with Gasteiger partial charge in [-0.2, -0.15) is 5.26 Å². The Morgan fingerprint density at radius 1 is 1.09 bits per heavy atom. The molecule has 4 rings (SSSR count). The molecule has 2 heterocycles. The van der Waals surface area contributed by atoms with Crippen LogP contribution in [-0.2, 0) is 0 Å². The minimum atomic E-state index is 0.311. The fourth-order valence-electron chi connectivity index (χ4n) is 3.21. The third-order valence-electron chi connectivity index (χ3n) is 4.78. The van der Waals surface area contributed by atoms with Gasteiger partial charge in [0.25, 0.3) is 0 Å². The van der Waals surface area contributed by atoms with Crippen LogP contribution in [0, 0.1) is 11.3 Å². The molecule has 0 atom stereocenters. The van der Waals surface area contributed by atoms with Gasteiger partial charge in [-0.25, -0.2) is 4.98 Å². The minimum absolute atomic E-state index is 0.311. The highest BCUT2D eigenvalue weighted by atomic mass is 35.5. The molecule has 0 bridgehead atoms. The van der Waals surface area contributed by atoms with Gasteiger partial charge in [-0.3, -0.25) is 4.98 Å². The van der Waals surface area contributed by atoms with Gasteiger partial charge in [-0.15, -0.1) is 0 Å².